The number of carbonyl (C=O) groups is 2. The van der Waals surface area contributed by atoms with Gasteiger partial charge in [-0.25, -0.2) is 9.59 Å². The van der Waals surface area contributed by atoms with Gasteiger partial charge in [0.2, 0.25) is 0 Å². The van der Waals surface area contributed by atoms with Crippen LogP contribution < -0.4 is 18.1 Å². The maximum Gasteiger partial charge on any atom is 0.376 e. The number of quaternary nitrogens is 1. The highest BCUT2D eigenvalue weighted by atomic mass is 35.5. The molecular weight excluding hydrogens is 174 g/mol. The first-order valence-electron chi connectivity index (χ1n) is 2.62. The fourth-order valence-electron chi connectivity index (χ4n) is 0.381. The Kier molecular flexibility index (Phi) is 6.92. The molecule has 0 amide bonds. The topological polar surface area (TPSA) is 80.2 Å². The highest BCUT2D eigenvalue weighted by Gasteiger charge is 2.27. The lowest BCUT2D eigenvalue weighted by Gasteiger charge is -2.01. The van der Waals surface area contributed by atoms with Gasteiger partial charge in [-0.05, 0) is 0 Å². The predicted octanol–water partition coefficient (Wildman–Crippen LogP) is -5.05. The molecule has 0 aromatic rings. The van der Waals surface area contributed by atoms with Crippen molar-refractivity contribution >= 4 is 11.9 Å². The van der Waals surface area contributed by atoms with Crippen molar-refractivity contribution in [2.45, 2.75) is 6.04 Å². The molecule has 0 spiro atoms. The Hall–Kier alpha value is -0.810. The zero-order valence-electron chi connectivity index (χ0n) is 6.30. The van der Waals surface area contributed by atoms with E-state index >= 15 is 0 Å². The van der Waals surface area contributed by atoms with E-state index in [4.69, 9.17) is 0 Å². The van der Waals surface area contributed by atoms with Crippen LogP contribution in [0.15, 0.2) is 0 Å². The minimum Gasteiger partial charge on any atom is -1.00 e. The first-order valence-corrected chi connectivity index (χ1v) is 2.62. The Morgan fingerprint density at radius 1 is 1.18 bits per heavy atom. The van der Waals surface area contributed by atoms with Crippen molar-refractivity contribution in [1.29, 1.82) is 0 Å². The van der Waals surface area contributed by atoms with Crippen molar-refractivity contribution in [3.8, 4) is 0 Å². The fourth-order valence-corrected chi connectivity index (χ4v) is 0.381. The third-order valence-corrected chi connectivity index (χ3v) is 0.971. The molecule has 0 atom stereocenters. The van der Waals surface area contributed by atoms with Crippen LogP contribution in [-0.2, 0) is 19.1 Å². The molecule has 0 unspecified atom stereocenters. The molecule has 0 aliphatic carbocycles. The molecule has 0 rings (SSSR count). The summed E-state index contributed by atoms with van der Waals surface area (Å²) in [5, 5.41) is 0. The lowest BCUT2D eigenvalue weighted by Crippen LogP contribution is -3.00. The minimum atomic E-state index is -1.07. The number of ether oxygens (including phenoxy) is 2. The number of hydrogen-bond acceptors (Lipinski definition) is 4. The van der Waals surface area contributed by atoms with Gasteiger partial charge in [-0.2, -0.15) is 0 Å². The number of rotatable bonds is 2. The summed E-state index contributed by atoms with van der Waals surface area (Å²) < 4.78 is 8.47. The molecule has 0 saturated carbocycles. The Labute approximate surface area is 70.2 Å². The van der Waals surface area contributed by atoms with E-state index in [-0.39, 0.29) is 12.4 Å². The first-order chi connectivity index (χ1) is 4.63. The van der Waals surface area contributed by atoms with Crippen LogP contribution in [0, 0.1) is 0 Å². The Morgan fingerprint density at radius 2 is 1.45 bits per heavy atom. The monoisotopic (exact) mass is 183 g/mol. The molecule has 6 heteroatoms. The van der Waals surface area contributed by atoms with Crippen LogP contribution >= 0.6 is 0 Å². The Bertz CT molecular complexity index is 133. The van der Waals surface area contributed by atoms with Gasteiger partial charge in [0.15, 0.2) is 0 Å². The summed E-state index contributed by atoms with van der Waals surface area (Å²) in [4.78, 5) is 21.1. The molecule has 5 nitrogen and oxygen atoms in total. The van der Waals surface area contributed by atoms with Gasteiger partial charge in [0.25, 0.3) is 6.04 Å². The van der Waals surface area contributed by atoms with Crippen LogP contribution in [0.3, 0.4) is 0 Å². The van der Waals surface area contributed by atoms with Crippen LogP contribution in [0.5, 0.6) is 0 Å². The maximum absolute atomic E-state index is 10.5. The first kappa shape index (κ1) is 12.8. The lowest BCUT2D eigenvalue weighted by molar-refractivity contribution is -0.397. The van der Waals surface area contributed by atoms with Gasteiger partial charge in [0.05, 0.1) is 14.2 Å². The van der Waals surface area contributed by atoms with Crippen LogP contribution in [-0.4, -0.2) is 32.2 Å². The van der Waals surface area contributed by atoms with Gasteiger partial charge in [0, 0.05) is 0 Å². The van der Waals surface area contributed by atoms with E-state index < -0.39 is 18.0 Å². The minimum absolute atomic E-state index is 0. The van der Waals surface area contributed by atoms with Crippen molar-refractivity contribution in [3.05, 3.63) is 0 Å². The predicted molar refractivity (Wildman–Crippen MR) is 30.7 cm³/mol. The molecule has 11 heavy (non-hydrogen) atoms. The normalized spacial score (nSPS) is 8.36. The number of hydrogen-bond donors (Lipinski definition) is 1. The Morgan fingerprint density at radius 3 is 1.64 bits per heavy atom. The van der Waals surface area contributed by atoms with E-state index in [1.54, 1.807) is 0 Å². The van der Waals surface area contributed by atoms with Crippen LogP contribution in [0.25, 0.3) is 0 Å². The Balaban J connectivity index is 0. The molecule has 0 aromatic heterocycles. The van der Waals surface area contributed by atoms with Gasteiger partial charge >= 0.3 is 11.9 Å². The molecule has 0 aromatic carbocycles. The van der Waals surface area contributed by atoms with Crippen LogP contribution in [0.2, 0.25) is 0 Å². The summed E-state index contributed by atoms with van der Waals surface area (Å²) in [6, 6.07) is -1.07. The van der Waals surface area contributed by atoms with Gasteiger partial charge in [0.1, 0.15) is 0 Å². The largest absolute Gasteiger partial charge is 1.00 e. The van der Waals surface area contributed by atoms with Gasteiger partial charge in [-0.15, -0.1) is 0 Å². The molecule has 0 radical (unpaired) electrons. The molecule has 66 valence electrons. The summed E-state index contributed by atoms with van der Waals surface area (Å²) in [6.07, 6.45) is 0. The van der Waals surface area contributed by atoms with E-state index in [9.17, 15) is 9.59 Å². The summed E-state index contributed by atoms with van der Waals surface area (Å²) in [6.45, 7) is 0. The van der Waals surface area contributed by atoms with E-state index in [0.717, 1.165) is 0 Å². The molecule has 0 aliphatic heterocycles. The molecule has 0 aliphatic rings. The third-order valence-electron chi connectivity index (χ3n) is 0.971. The van der Waals surface area contributed by atoms with Crippen molar-refractivity contribution in [3.63, 3.8) is 0 Å². The highest BCUT2D eigenvalue weighted by Crippen LogP contribution is 1.83. The van der Waals surface area contributed by atoms with Gasteiger partial charge < -0.3 is 27.6 Å². The third kappa shape index (κ3) is 3.79. The average molecular weight is 184 g/mol. The lowest BCUT2D eigenvalue weighted by atomic mass is 10.3. The van der Waals surface area contributed by atoms with Crippen LogP contribution in [0.4, 0.5) is 0 Å². The molecule has 0 heterocycles. The zero-order valence-corrected chi connectivity index (χ0v) is 7.05. The molecule has 0 saturated heterocycles. The summed E-state index contributed by atoms with van der Waals surface area (Å²) in [7, 11) is 2.37. The maximum atomic E-state index is 10.5. The second-order valence-corrected chi connectivity index (χ2v) is 1.60. The smallest absolute Gasteiger partial charge is 0.376 e. The molecule has 3 N–H and O–H groups in total. The van der Waals surface area contributed by atoms with Gasteiger partial charge in [-0.3, -0.25) is 0 Å². The van der Waals surface area contributed by atoms with Crippen molar-refractivity contribution in [2.24, 2.45) is 0 Å². The average Bonchev–Trinajstić information content (AvgIpc) is 2.00. The van der Waals surface area contributed by atoms with Crippen molar-refractivity contribution < 1.29 is 37.2 Å². The van der Waals surface area contributed by atoms with E-state index in [1.807, 2.05) is 0 Å². The molecule has 0 fully saturated rings. The second-order valence-electron chi connectivity index (χ2n) is 1.60. The quantitative estimate of drug-likeness (QED) is 0.343. The highest BCUT2D eigenvalue weighted by molar-refractivity contribution is 5.96. The van der Waals surface area contributed by atoms with E-state index in [0.29, 0.717) is 0 Å². The second kappa shape index (κ2) is 5.94. The van der Waals surface area contributed by atoms with Gasteiger partial charge in [-0.1, -0.05) is 0 Å². The number of methoxy groups -OCH3 is 2. The number of esters is 2. The molecular formula is C5H10ClNO4. The van der Waals surface area contributed by atoms with E-state index in [2.05, 4.69) is 15.2 Å². The number of carbonyl (C=O) groups excluding carboxylic acids is 2. The summed E-state index contributed by atoms with van der Waals surface area (Å²) >= 11 is 0. The number of halogens is 1. The van der Waals surface area contributed by atoms with E-state index in [1.165, 1.54) is 14.2 Å². The van der Waals surface area contributed by atoms with Crippen molar-refractivity contribution in [1.82, 2.24) is 0 Å². The summed E-state index contributed by atoms with van der Waals surface area (Å²) in [5.74, 6) is -1.38. The fraction of sp³-hybridized carbons (Fsp3) is 0.600. The molecule has 0 bridgehead atoms. The zero-order chi connectivity index (χ0) is 8.15. The summed E-state index contributed by atoms with van der Waals surface area (Å²) in [5.41, 5.74) is 3.23. The van der Waals surface area contributed by atoms with Crippen molar-refractivity contribution in [2.75, 3.05) is 14.2 Å². The standard InChI is InChI=1S/C5H9NO4.ClH/c1-9-4(7)3(6)5(8)10-2;/h3H,6H2,1-2H3;1H. The van der Waals surface area contributed by atoms with Crippen LogP contribution in [0.1, 0.15) is 0 Å². The SMILES string of the molecule is COC(=O)C([NH3+])C(=O)OC.[Cl-].